The summed E-state index contributed by atoms with van der Waals surface area (Å²) >= 11 is 0. The van der Waals surface area contributed by atoms with E-state index in [0.29, 0.717) is 16.5 Å². The van der Waals surface area contributed by atoms with Gasteiger partial charge in [0.2, 0.25) is 5.95 Å². The van der Waals surface area contributed by atoms with Crippen LogP contribution >= 0.6 is 0 Å². The molecule has 0 radical (unpaired) electrons. The molecular formula is C19H22F2N4O3. The number of rotatable bonds is 1. The van der Waals surface area contributed by atoms with Crippen LogP contribution in [0.15, 0.2) is 29.1 Å². The number of aromatic nitrogens is 2. The third-order valence-electron chi connectivity index (χ3n) is 3.74. The molecule has 0 amide bonds. The number of benzene rings is 2. The van der Waals surface area contributed by atoms with Crippen molar-refractivity contribution in [3.05, 3.63) is 62.9 Å². The summed E-state index contributed by atoms with van der Waals surface area (Å²) in [6, 6.07) is 5.14. The fourth-order valence-electron chi connectivity index (χ4n) is 2.27. The predicted octanol–water partition coefficient (Wildman–Crippen LogP) is 3.09. The van der Waals surface area contributed by atoms with Gasteiger partial charge in [-0.05, 0) is 43.2 Å². The van der Waals surface area contributed by atoms with E-state index in [2.05, 4.69) is 14.7 Å². The normalized spacial score (nSPS) is 9.89. The average molecular weight is 392 g/mol. The molecule has 0 bridgehead atoms. The van der Waals surface area contributed by atoms with E-state index in [1.165, 1.54) is 25.3 Å². The minimum absolute atomic E-state index is 0. The number of aromatic amines is 1. The van der Waals surface area contributed by atoms with Crippen molar-refractivity contribution in [2.24, 2.45) is 0 Å². The van der Waals surface area contributed by atoms with Gasteiger partial charge in [-0.1, -0.05) is 7.43 Å². The van der Waals surface area contributed by atoms with Crippen molar-refractivity contribution in [2.45, 2.75) is 21.3 Å². The quantitative estimate of drug-likeness (QED) is 0.432. The number of carbonyl (C=O) groups excluding carboxylic acids is 1. The molecule has 2 aromatic carbocycles. The number of fused-ring (bicyclic) bond motifs is 1. The zero-order valence-corrected chi connectivity index (χ0v) is 14.9. The highest BCUT2D eigenvalue weighted by Crippen LogP contribution is 2.18. The Labute approximate surface area is 160 Å². The van der Waals surface area contributed by atoms with E-state index in [1.807, 2.05) is 0 Å². The Balaban J connectivity index is 0.000000271. The van der Waals surface area contributed by atoms with Gasteiger partial charge in [-0.25, -0.2) is 18.6 Å². The number of H-pyrrole nitrogens is 1. The third-order valence-corrected chi connectivity index (χ3v) is 3.74. The maximum Gasteiger partial charge on any atom is 0.339 e. The van der Waals surface area contributed by atoms with E-state index in [0.717, 1.165) is 6.07 Å². The number of anilines is 2. The Morgan fingerprint density at radius 3 is 2.25 bits per heavy atom. The number of hydrogen-bond donors (Lipinski definition) is 3. The second-order valence-electron chi connectivity index (χ2n) is 5.75. The topological polar surface area (TPSA) is 124 Å². The molecule has 0 fully saturated rings. The molecule has 1 heterocycles. The summed E-state index contributed by atoms with van der Waals surface area (Å²) in [5.41, 5.74) is 11.7. The van der Waals surface area contributed by atoms with Crippen LogP contribution in [0.1, 0.15) is 28.9 Å². The highest BCUT2D eigenvalue weighted by atomic mass is 19.1. The molecule has 7 nitrogen and oxygen atoms in total. The van der Waals surface area contributed by atoms with Gasteiger partial charge < -0.3 is 16.2 Å². The fraction of sp³-hybridized carbons (Fsp3) is 0.211. The summed E-state index contributed by atoms with van der Waals surface area (Å²) in [6.07, 6.45) is 0. The second-order valence-corrected chi connectivity index (χ2v) is 5.75. The zero-order valence-electron chi connectivity index (χ0n) is 14.9. The van der Waals surface area contributed by atoms with Crippen LogP contribution in [0.4, 0.5) is 20.4 Å². The van der Waals surface area contributed by atoms with Crippen LogP contribution in [-0.4, -0.2) is 23.0 Å². The molecule has 0 saturated carbocycles. The van der Waals surface area contributed by atoms with E-state index in [4.69, 9.17) is 11.5 Å². The highest BCUT2D eigenvalue weighted by Gasteiger charge is 2.12. The fourth-order valence-corrected chi connectivity index (χ4v) is 2.27. The average Bonchev–Trinajstić information content (AvgIpc) is 2.60. The molecule has 150 valence electrons. The largest absolute Gasteiger partial charge is 0.465 e. The van der Waals surface area contributed by atoms with Crippen molar-refractivity contribution in [1.29, 1.82) is 0 Å². The van der Waals surface area contributed by atoms with Gasteiger partial charge in [0.05, 0.1) is 23.6 Å². The first-order valence-electron chi connectivity index (χ1n) is 7.73. The van der Waals surface area contributed by atoms with E-state index >= 15 is 0 Å². The summed E-state index contributed by atoms with van der Waals surface area (Å²) < 4.78 is 30.5. The number of ether oxygens (including phenoxy) is 1. The number of aryl methyl sites for hydroxylation is 2. The first-order valence-corrected chi connectivity index (χ1v) is 7.73. The molecule has 3 aromatic rings. The van der Waals surface area contributed by atoms with Crippen molar-refractivity contribution in [1.82, 2.24) is 9.97 Å². The number of carbonyl (C=O) groups is 1. The molecule has 1 aromatic heterocycles. The summed E-state index contributed by atoms with van der Waals surface area (Å²) in [6.45, 7) is 3.14. The van der Waals surface area contributed by atoms with Crippen LogP contribution in [0.5, 0.6) is 0 Å². The molecule has 0 aliphatic rings. The van der Waals surface area contributed by atoms with E-state index < -0.39 is 17.6 Å². The van der Waals surface area contributed by atoms with Gasteiger partial charge in [-0.2, -0.15) is 0 Å². The minimum Gasteiger partial charge on any atom is -0.465 e. The Morgan fingerprint density at radius 1 is 1.07 bits per heavy atom. The number of hydrogen-bond acceptors (Lipinski definition) is 6. The Bertz CT molecular complexity index is 1080. The maximum absolute atomic E-state index is 13.1. The molecule has 28 heavy (non-hydrogen) atoms. The van der Waals surface area contributed by atoms with Gasteiger partial charge in [0.15, 0.2) is 0 Å². The number of nitrogens with two attached hydrogens (primary N) is 2. The van der Waals surface area contributed by atoms with Gasteiger partial charge in [0.25, 0.3) is 5.56 Å². The van der Waals surface area contributed by atoms with Gasteiger partial charge in [0, 0.05) is 11.8 Å². The predicted molar refractivity (Wildman–Crippen MR) is 105 cm³/mol. The monoisotopic (exact) mass is 392 g/mol. The molecule has 0 atom stereocenters. The van der Waals surface area contributed by atoms with Crippen molar-refractivity contribution in [3.63, 3.8) is 0 Å². The Hall–Kier alpha value is -3.49. The molecule has 9 heteroatoms. The molecule has 0 aliphatic carbocycles. The first-order chi connectivity index (χ1) is 12.6. The van der Waals surface area contributed by atoms with Gasteiger partial charge >= 0.3 is 5.97 Å². The summed E-state index contributed by atoms with van der Waals surface area (Å²) in [5.74, 6) is -1.38. The summed E-state index contributed by atoms with van der Waals surface area (Å²) in [7, 11) is 1.25. The van der Waals surface area contributed by atoms with E-state index in [-0.39, 0.29) is 35.7 Å². The third kappa shape index (κ3) is 4.81. The van der Waals surface area contributed by atoms with E-state index in [9.17, 15) is 18.4 Å². The minimum atomic E-state index is -0.555. The zero-order chi connectivity index (χ0) is 20.3. The molecule has 0 unspecified atom stereocenters. The molecule has 0 saturated heterocycles. The molecule has 5 N–H and O–H groups in total. The van der Waals surface area contributed by atoms with Crippen LogP contribution in [0.25, 0.3) is 10.9 Å². The lowest BCUT2D eigenvalue weighted by Gasteiger charge is -2.05. The van der Waals surface area contributed by atoms with Gasteiger partial charge in [-0.15, -0.1) is 0 Å². The molecular weight excluding hydrogens is 370 g/mol. The van der Waals surface area contributed by atoms with E-state index in [1.54, 1.807) is 13.8 Å². The second kappa shape index (κ2) is 8.94. The van der Waals surface area contributed by atoms with Crippen molar-refractivity contribution < 1.29 is 18.3 Å². The first kappa shape index (κ1) is 22.6. The molecule has 3 rings (SSSR count). The Kier molecular flexibility index (Phi) is 7.20. The van der Waals surface area contributed by atoms with Gasteiger partial charge in [0.1, 0.15) is 11.6 Å². The number of halogens is 2. The number of nitrogen functional groups attached to an aromatic ring is 2. The van der Waals surface area contributed by atoms with Gasteiger partial charge in [-0.3, -0.25) is 9.78 Å². The lowest BCUT2D eigenvalue weighted by atomic mass is 10.1. The summed E-state index contributed by atoms with van der Waals surface area (Å²) in [5, 5.41) is 0.345. The van der Waals surface area contributed by atoms with Crippen LogP contribution < -0.4 is 17.0 Å². The van der Waals surface area contributed by atoms with Crippen LogP contribution in [0.3, 0.4) is 0 Å². The number of nitrogens with one attached hydrogen (secondary N) is 1. The highest BCUT2D eigenvalue weighted by molar-refractivity contribution is 5.95. The lowest BCUT2D eigenvalue weighted by Crippen LogP contribution is -2.11. The smallest absolute Gasteiger partial charge is 0.339 e. The van der Waals surface area contributed by atoms with Crippen molar-refractivity contribution in [2.75, 3.05) is 18.6 Å². The SMILES string of the molecule is C.COC(=O)c1cc(C)c(F)cc1N.Cc1cc2c(=O)[nH]c(N)nc2cc1F. The van der Waals surface area contributed by atoms with Crippen LogP contribution in [-0.2, 0) is 4.74 Å². The number of esters is 1. The number of nitrogens with zero attached hydrogens (tertiary/aromatic N) is 1. The van der Waals surface area contributed by atoms with Crippen LogP contribution in [0.2, 0.25) is 0 Å². The summed E-state index contributed by atoms with van der Waals surface area (Å²) in [4.78, 5) is 28.6. The lowest BCUT2D eigenvalue weighted by molar-refractivity contribution is 0.0602. The Morgan fingerprint density at radius 2 is 1.64 bits per heavy atom. The van der Waals surface area contributed by atoms with Crippen molar-refractivity contribution in [3.8, 4) is 0 Å². The van der Waals surface area contributed by atoms with Crippen LogP contribution in [0, 0.1) is 25.5 Å². The number of methoxy groups -OCH3 is 1. The standard InChI is InChI=1S/C9H8FN3O.C9H10FNO2.CH4/c1-4-2-5-7(3-6(4)10)12-9(11)13-8(5)14;1-5-3-6(9(12)13-2)8(11)4-7(5)10;/h2-3H,1H3,(H3,11,12,13,14);3-4H,11H2,1-2H3;1H4. The van der Waals surface area contributed by atoms with Crippen molar-refractivity contribution >= 4 is 28.5 Å². The molecule has 0 aliphatic heterocycles. The molecule has 0 spiro atoms. The maximum atomic E-state index is 13.1.